The highest BCUT2D eigenvalue weighted by molar-refractivity contribution is 6.29. The smallest absolute Gasteiger partial charge is 0.332 e. The van der Waals surface area contributed by atoms with Crippen LogP contribution in [0.1, 0.15) is 30.7 Å². The Labute approximate surface area is 187 Å². The van der Waals surface area contributed by atoms with Crippen LogP contribution in [0.25, 0.3) is 23.0 Å². The molecule has 4 rings (SSSR count). The average Bonchev–Trinajstić information content (AvgIpc) is 3.36. The lowest BCUT2D eigenvalue weighted by molar-refractivity contribution is -0.180. The second kappa shape index (κ2) is 8.05. The number of pyridine rings is 1. The number of nitrogens with zero attached hydrogens (tertiary/aromatic N) is 5. The van der Waals surface area contributed by atoms with E-state index in [4.69, 9.17) is 16.1 Å². The van der Waals surface area contributed by atoms with E-state index in [0.29, 0.717) is 23.0 Å². The summed E-state index contributed by atoms with van der Waals surface area (Å²) in [6.07, 6.45) is -2.68. The van der Waals surface area contributed by atoms with Crippen LogP contribution in [0.15, 0.2) is 53.2 Å². The van der Waals surface area contributed by atoms with Gasteiger partial charge in [0.25, 0.3) is 5.89 Å². The molecule has 0 bridgehead atoms. The largest absolute Gasteiger partial charge is 0.397 e. The normalized spacial score (nSPS) is 12.3. The highest BCUT2D eigenvalue weighted by Gasteiger charge is 2.48. The van der Waals surface area contributed by atoms with Crippen LogP contribution in [0.5, 0.6) is 0 Å². The SMILES string of the molecule is Cc1cc(-c2nc(-c3ccc(C(C)(C)C(F)(F)F)cc3)no2)nn1Cc1ccc(Cl)nc1. The van der Waals surface area contributed by atoms with E-state index in [1.807, 2.05) is 19.1 Å². The van der Waals surface area contributed by atoms with Gasteiger partial charge in [0.05, 0.1) is 12.0 Å². The first kappa shape index (κ1) is 22.0. The summed E-state index contributed by atoms with van der Waals surface area (Å²) >= 11 is 5.82. The Morgan fingerprint density at radius 1 is 1.06 bits per heavy atom. The van der Waals surface area contributed by atoms with Crippen LogP contribution in [0.3, 0.4) is 0 Å². The third-order valence-corrected chi connectivity index (χ3v) is 5.54. The first-order chi connectivity index (χ1) is 15.0. The number of aryl methyl sites for hydroxylation is 1. The van der Waals surface area contributed by atoms with Gasteiger partial charge in [-0.1, -0.05) is 47.1 Å². The number of rotatable bonds is 5. The molecule has 166 valence electrons. The second-order valence-corrected chi connectivity index (χ2v) is 8.33. The van der Waals surface area contributed by atoms with Gasteiger partial charge in [-0.15, -0.1) is 0 Å². The lowest BCUT2D eigenvalue weighted by atomic mass is 9.83. The summed E-state index contributed by atoms with van der Waals surface area (Å²) in [6, 6.07) is 11.3. The summed E-state index contributed by atoms with van der Waals surface area (Å²) in [5.41, 5.74) is 1.05. The predicted octanol–water partition coefficient (Wildman–Crippen LogP) is 5.85. The maximum Gasteiger partial charge on any atom is 0.397 e. The fraction of sp³-hybridized carbons (Fsp3) is 0.273. The lowest BCUT2D eigenvalue weighted by Crippen LogP contribution is -2.36. The van der Waals surface area contributed by atoms with E-state index in [9.17, 15) is 13.2 Å². The van der Waals surface area contributed by atoms with Gasteiger partial charge in [-0.3, -0.25) is 4.68 Å². The summed E-state index contributed by atoms with van der Waals surface area (Å²) < 4.78 is 46.9. The van der Waals surface area contributed by atoms with E-state index in [1.54, 1.807) is 29.1 Å². The van der Waals surface area contributed by atoms with Crippen LogP contribution < -0.4 is 0 Å². The summed E-state index contributed by atoms with van der Waals surface area (Å²) in [4.78, 5) is 8.42. The Morgan fingerprint density at radius 2 is 1.78 bits per heavy atom. The summed E-state index contributed by atoms with van der Waals surface area (Å²) in [5.74, 6) is 0.487. The molecule has 0 radical (unpaired) electrons. The number of hydrogen-bond donors (Lipinski definition) is 0. The molecule has 0 aliphatic rings. The summed E-state index contributed by atoms with van der Waals surface area (Å²) in [6.45, 7) is 4.69. The number of benzene rings is 1. The minimum Gasteiger partial charge on any atom is -0.332 e. The topological polar surface area (TPSA) is 69.6 Å². The van der Waals surface area contributed by atoms with Crippen LogP contribution in [0, 0.1) is 6.92 Å². The third kappa shape index (κ3) is 4.25. The van der Waals surface area contributed by atoms with E-state index in [2.05, 4.69) is 20.2 Å². The van der Waals surface area contributed by atoms with E-state index < -0.39 is 11.6 Å². The standard InChI is InChI=1S/C22H19ClF3N5O/c1-13-10-17(29-31(13)12-14-4-9-18(23)27-11-14)20-28-19(30-32-20)15-5-7-16(8-6-15)21(2,3)22(24,25)26/h4-11H,12H2,1-3H3. The number of hydrogen-bond acceptors (Lipinski definition) is 5. The summed E-state index contributed by atoms with van der Waals surface area (Å²) in [5, 5.41) is 8.88. The molecule has 32 heavy (non-hydrogen) atoms. The first-order valence-electron chi connectivity index (χ1n) is 9.71. The first-order valence-corrected chi connectivity index (χ1v) is 10.1. The minimum absolute atomic E-state index is 0.156. The molecule has 0 unspecified atom stereocenters. The molecule has 0 aliphatic carbocycles. The van der Waals surface area contributed by atoms with Crippen LogP contribution in [0.2, 0.25) is 5.15 Å². The molecule has 0 aliphatic heterocycles. The molecule has 3 aromatic heterocycles. The zero-order valence-electron chi connectivity index (χ0n) is 17.5. The molecule has 0 amide bonds. The van der Waals surface area contributed by atoms with Crippen molar-refractivity contribution in [1.82, 2.24) is 24.9 Å². The number of halogens is 4. The van der Waals surface area contributed by atoms with E-state index in [1.165, 1.54) is 12.1 Å². The maximum atomic E-state index is 13.3. The van der Waals surface area contributed by atoms with E-state index in [0.717, 1.165) is 25.1 Å². The summed E-state index contributed by atoms with van der Waals surface area (Å²) in [7, 11) is 0. The average molecular weight is 462 g/mol. The van der Waals surface area contributed by atoms with Crippen LogP contribution in [-0.2, 0) is 12.0 Å². The highest BCUT2D eigenvalue weighted by Crippen LogP contribution is 2.40. The predicted molar refractivity (Wildman–Crippen MR) is 113 cm³/mol. The van der Waals surface area contributed by atoms with Crippen LogP contribution in [0.4, 0.5) is 13.2 Å². The maximum absolute atomic E-state index is 13.3. The van der Waals surface area contributed by atoms with Crippen molar-refractivity contribution in [3.8, 4) is 23.0 Å². The minimum atomic E-state index is -4.35. The molecule has 0 N–H and O–H groups in total. The monoisotopic (exact) mass is 461 g/mol. The molecule has 0 saturated heterocycles. The molecule has 0 spiro atoms. The highest BCUT2D eigenvalue weighted by atomic mass is 35.5. The van der Waals surface area contributed by atoms with Gasteiger partial charge in [0.2, 0.25) is 5.82 Å². The fourth-order valence-electron chi connectivity index (χ4n) is 3.09. The van der Waals surface area contributed by atoms with Crippen molar-refractivity contribution in [1.29, 1.82) is 0 Å². The second-order valence-electron chi connectivity index (χ2n) is 7.94. The van der Waals surface area contributed by atoms with Gasteiger partial charge in [0.1, 0.15) is 5.15 Å². The zero-order chi connectivity index (χ0) is 23.1. The van der Waals surface area contributed by atoms with Crippen molar-refractivity contribution in [2.45, 2.75) is 38.9 Å². The van der Waals surface area contributed by atoms with Crippen molar-refractivity contribution in [3.63, 3.8) is 0 Å². The molecule has 6 nitrogen and oxygen atoms in total. The van der Waals surface area contributed by atoms with Crippen molar-refractivity contribution in [2.24, 2.45) is 0 Å². The van der Waals surface area contributed by atoms with Crippen molar-refractivity contribution < 1.29 is 17.7 Å². The molecule has 4 aromatic rings. The van der Waals surface area contributed by atoms with E-state index in [-0.39, 0.29) is 17.3 Å². The van der Waals surface area contributed by atoms with Gasteiger partial charge >= 0.3 is 6.18 Å². The van der Waals surface area contributed by atoms with Crippen molar-refractivity contribution in [3.05, 3.63) is 70.6 Å². The lowest BCUT2D eigenvalue weighted by Gasteiger charge is -2.28. The molecule has 3 heterocycles. The quantitative estimate of drug-likeness (QED) is 0.349. The Balaban J connectivity index is 1.55. The van der Waals surface area contributed by atoms with Crippen LogP contribution in [-0.4, -0.2) is 31.1 Å². The fourth-order valence-corrected chi connectivity index (χ4v) is 3.20. The van der Waals surface area contributed by atoms with Gasteiger partial charge in [0.15, 0.2) is 5.69 Å². The molecule has 0 atom stereocenters. The Bertz CT molecular complexity index is 1230. The molecule has 1 aromatic carbocycles. The Hall–Kier alpha value is -3.20. The Morgan fingerprint density at radius 3 is 2.41 bits per heavy atom. The molecule has 0 saturated carbocycles. The number of alkyl halides is 3. The van der Waals surface area contributed by atoms with Crippen LogP contribution >= 0.6 is 11.6 Å². The zero-order valence-corrected chi connectivity index (χ0v) is 18.2. The number of aromatic nitrogens is 5. The van der Waals surface area contributed by atoms with Crippen molar-refractivity contribution in [2.75, 3.05) is 0 Å². The van der Waals surface area contributed by atoms with E-state index >= 15 is 0 Å². The third-order valence-electron chi connectivity index (χ3n) is 5.32. The Kier molecular flexibility index (Phi) is 5.54. The van der Waals surface area contributed by atoms with Crippen molar-refractivity contribution >= 4 is 11.6 Å². The van der Waals surface area contributed by atoms with Gasteiger partial charge in [-0.25, -0.2) is 4.98 Å². The van der Waals surface area contributed by atoms with Gasteiger partial charge in [-0.2, -0.15) is 23.3 Å². The molecular weight excluding hydrogens is 443 g/mol. The van der Waals surface area contributed by atoms with Gasteiger partial charge in [-0.05, 0) is 44.0 Å². The molecular formula is C22H19ClF3N5O. The molecule has 10 heteroatoms. The van der Waals surface area contributed by atoms with Gasteiger partial charge < -0.3 is 4.52 Å². The molecule has 0 fully saturated rings. The van der Waals surface area contributed by atoms with Gasteiger partial charge in [0, 0.05) is 17.5 Å².